The molecule has 0 aliphatic rings. The lowest BCUT2D eigenvalue weighted by Gasteiger charge is -2.01. The maximum atomic E-state index is 12.9. The van der Waals surface area contributed by atoms with Crippen molar-refractivity contribution in [3.63, 3.8) is 0 Å². The number of ketones is 1. The van der Waals surface area contributed by atoms with Crippen LogP contribution in [-0.4, -0.2) is 15.8 Å². The van der Waals surface area contributed by atoms with Gasteiger partial charge in [-0.05, 0) is 33.6 Å². The first-order chi connectivity index (χ1) is 8.15. The first-order valence-corrected chi connectivity index (χ1v) is 5.67. The zero-order valence-electron chi connectivity index (χ0n) is 8.73. The van der Waals surface area contributed by atoms with Gasteiger partial charge in [0, 0.05) is 35.0 Å². The van der Waals surface area contributed by atoms with Crippen LogP contribution in [-0.2, 0) is 6.42 Å². The summed E-state index contributed by atoms with van der Waals surface area (Å²) < 4.78 is 13.7. The number of aromatic nitrogens is 2. The molecule has 0 N–H and O–H groups in total. The Kier molecular flexibility index (Phi) is 3.58. The summed E-state index contributed by atoms with van der Waals surface area (Å²) in [5, 5.41) is 0. The third-order valence-corrected chi connectivity index (χ3v) is 2.59. The molecule has 0 bridgehead atoms. The minimum absolute atomic E-state index is 0.178. The molecule has 2 heterocycles. The molecule has 0 atom stereocenters. The molecule has 0 saturated heterocycles. The molecule has 0 amide bonds. The van der Waals surface area contributed by atoms with Crippen LogP contribution in [0.25, 0.3) is 0 Å². The summed E-state index contributed by atoms with van der Waals surface area (Å²) in [5.74, 6) is -0.694. The maximum Gasteiger partial charge on any atom is 0.168 e. The predicted molar refractivity (Wildman–Crippen MR) is 64.2 cm³/mol. The van der Waals surface area contributed by atoms with Gasteiger partial charge in [-0.15, -0.1) is 0 Å². The van der Waals surface area contributed by atoms with E-state index in [0.29, 0.717) is 0 Å². The highest BCUT2D eigenvalue weighted by molar-refractivity contribution is 9.10. The number of halogens is 2. The van der Waals surface area contributed by atoms with E-state index in [9.17, 15) is 9.18 Å². The Morgan fingerprint density at radius 3 is 2.65 bits per heavy atom. The Morgan fingerprint density at radius 1 is 1.18 bits per heavy atom. The van der Waals surface area contributed by atoms with E-state index in [0.717, 1.165) is 16.2 Å². The summed E-state index contributed by atoms with van der Waals surface area (Å²) in [4.78, 5) is 19.4. The van der Waals surface area contributed by atoms with Crippen LogP contribution in [0, 0.1) is 5.82 Å². The van der Waals surface area contributed by atoms with E-state index in [1.165, 1.54) is 12.3 Å². The summed E-state index contributed by atoms with van der Waals surface area (Å²) in [6.45, 7) is 0. The van der Waals surface area contributed by atoms with Gasteiger partial charge in [-0.3, -0.25) is 14.8 Å². The molecule has 86 valence electrons. The standard InChI is InChI=1S/C12H8BrFN2O/c13-10-1-8(4-15-6-10)2-12(17)9-3-11(14)7-16-5-9/h1,3-7H,2H2. The Morgan fingerprint density at radius 2 is 1.94 bits per heavy atom. The summed E-state index contributed by atoms with van der Waals surface area (Å²) in [6, 6.07) is 2.98. The number of carbonyl (C=O) groups is 1. The number of hydrogen-bond acceptors (Lipinski definition) is 3. The van der Waals surface area contributed by atoms with Gasteiger partial charge < -0.3 is 0 Å². The zero-order chi connectivity index (χ0) is 12.3. The van der Waals surface area contributed by atoms with E-state index in [4.69, 9.17) is 0 Å². The summed E-state index contributed by atoms with van der Waals surface area (Å²) in [6.07, 6.45) is 5.85. The van der Waals surface area contributed by atoms with E-state index in [1.54, 1.807) is 18.5 Å². The van der Waals surface area contributed by atoms with Gasteiger partial charge in [-0.1, -0.05) is 0 Å². The van der Waals surface area contributed by atoms with Crippen LogP contribution in [0.15, 0.2) is 41.4 Å². The predicted octanol–water partition coefficient (Wildman–Crippen LogP) is 2.80. The Balaban J connectivity index is 2.17. The van der Waals surface area contributed by atoms with Gasteiger partial charge in [0.25, 0.3) is 0 Å². The lowest BCUT2D eigenvalue weighted by molar-refractivity contribution is 0.0992. The lowest BCUT2D eigenvalue weighted by atomic mass is 10.1. The monoisotopic (exact) mass is 294 g/mol. The highest BCUT2D eigenvalue weighted by Crippen LogP contribution is 2.12. The van der Waals surface area contributed by atoms with Gasteiger partial charge in [0.1, 0.15) is 5.82 Å². The van der Waals surface area contributed by atoms with E-state index in [-0.39, 0.29) is 17.8 Å². The molecular formula is C12H8BrFN2O. The van der Waals surface area contributed by atoms with Crippen LogP contribution in [0.5, 0.6) is 0 Å². The number of hydrogen-bond donors (Lipinski definition) is 0. The quantitative estimate of drug-likeness (QED) is 0.818. The second-order valence-electron chi connectivity index (χ2n) is 3.50. The van der Waals surface area contributed by atoms with E-state index < -0.39 is 5.82 Å². The SMILES string of the molecule is O=C(Cc1cncc(Br)c1)c1cncc(F)c1. The molecule has 0 fully saturated rings. The Bertz CT molecular complexity index is 560. The van der Waals surface area contributed by atoms with Crippen molar-refractivity contribution in [1.82, 2.24) is 9.97 Å². The average molecular weight is 295 g/mol. The zero-order valence-corrected chi connectivity index (χ0v) is 10.3. The van der Waals surface area contributed by atoms with Crippen LogP contribution in [0.3, 0.4) is 0 Å². The number of carbonyl (C=O) groups excluding carboxylic acids is 1. The van der Waals surface area contributed by atoms with Crippen molar-refractivity contribution < 1.29 is 9.18 Å². The molecule has 3 nitrogen and oxygen atoms in total. The van der Waals surface area contributed by atoms with E-state index in [2.05, 4.69) is 25.9 Å². The first kappa shape index (κ1) is 11.9. The highest BCUT2D eigenvalue weighted by Gasteiger charge is 2.09. The minimum Gasteiger partial charge on any atom is -0.294 e. The largest absolute Gasteiger partial charge is 0.294 e. The second kappa shape index (κ2) is 5.14. The highest BCUT2D eigenvalue weighted by atomic mass is 79.9. The van der Waals surface area contributed by atoms with Crippen molar-refractivity contribution in [2.45, 2.75) is 6.42 Å². The number of Topliss-reactive ketones (excluding diaryl/α,β-unsaturated/α-hetero) is 1. The number of nitrogens with zero attached hydrogens (tertiary/aromatic N) is 2. The summed E-state index contributed by atoms with van der Waals surface area (Å²) in [5.41, 5.74) is 1.04. The molecule has 0 spiro atoms. The van der Waals surface area contributed by atoms with Gasteiger partial charge in [-0.25, -0.2) is 4.39 Å². The maximum absolute atomic E-state index is 12.9. The smallest absolute Gasteiger partial charge is 0.168 e. The number of pyridine rings is 2. The van der Waals surface area contributed by atoms with Crippen molar-refractivity contribution in [2.24, 2.45) is 0 Å². The van der Waals surface area contributed by atoms with Crippen LogP contribution in [0.2, 0.25) is 0 Å². The fraction of sp³-hybridized carbons (Fsp3) is 0.0833. The molecule has 0 radical (unpaired) electrons. The second-order valence-corrected chi connectivity index (χ2v) is 4.42. The van der Waals surface area contributed by atoms with E-state index in [1.807, 2.05) is 0 Å². The molecule has 2 rings (SSSR count). The third kappa shape index (κ3) is 3.17. The molecule has 17 heavy (non-hydrogen) atoms. The van der Waals surface area contributed by atoms with Crippen LogP contribution >= 0.6 is 15.9 Å². The molecular weight excluding hydrogens is 287 g/mol. The first-order valence-electron chi connectivity index (χ1n) is 4.88. The molecule has 0 aliphatic carbocycles. The normalized spacial score (nSPS) is 10.2. The van der Waals surface area contributed by atoms with E-state index >= 15 is 0 Å². The van der Waals surface area contributed by atoms with Crippen molar-refractivity contribution in [1.29, 1.82) is 0 Å². The fourth-order valence-electron chi connectivity index (χ4n) is 1.40. The molecule has 0 unspecified atom stereocenters. The van der Waals surface area contributed by atoms with Gasteiger partial charge in [0.05, 0.1) is 6.20 Å². The molecule has 0 saturated carbocycles. The molecule has 0 aromatic carbocycles. The van der Waals surface area contributed by atoms with Crippen molar-refractivity contribution in [3.8, 4) is 0 Å². The lowest BCUT2D eigenvalue weighted by Crippen LogP contribution is -2.04. The molecule has 5 heteroatoms. The Labute approximate surface area is 106 Å². The Hall–Kier alpha value is -1.62. The van der Waals surface area contributed by atoms with Gasteiger partial charge in [0.15, 0.2) is 5.78 Å². The van der Waals surface area contributed by atoms with Gasteiger partial charge in [-0.2, -0.15) is 0 Å². The third-order valence-electron chi connectivity index (χ3n) is 2.15. The van der Waals surface area contributed by atoms with Crippen LogP contribution in [0.4, 0.5) is 4.39 Å². The van der Waals surface area contributed by atoms with Crippen molar-refractivity contribution in [2.75, 3.05) is 0 Å². The van der Waals surface area contributed by atoms with Gasteiger partial charge in [0.2, 0.25) is 0 Å². The molecule has 0 aliphatic heterocycles. The molecule has 2 aromatic rings. The van der Waals surface area contributed by atoms with Crippen LogP contribution in [0.1, 0.15) is 15.9 Å². The summed E-state index contributed by atoms with van der Waals surface area (Å²) >= 11 is 3.27. The topological polar surface area (TPSA) is 42.9 Å². The van der Waals surface area contributed by atoms with Crippen LogP contribution < -0.4 is 0 Å². The number of rotatable bonds is 3. The van der Waals surface area contributed by atoms with Gasteiger partial charge >= 0.3 is 0 Å². The minimum atomic E-state index is -0.511. The summed E-state index contributed by atoms with van der Waals surface area (Å²) in [7, 11) is 0. The van der Waals surface area contributed by atoms with Crippen molar-refractivity contribution in [3.05, 3.63) is 58.3 Å². The van der Waals surface area contributed by atoms with Crippen molar-refractivity contribution >= 4 is 21.7 Å². The fourth-order valence-corrected chi connectivity index (χ4v) is 1.82. The molecule has 2 aromatic heterocycles. The average Bonchev–Trinajstić information content (AvgIpc) is 2.29.